The zero-order valence-corrected chi connectivity index (χ0v) is 12.8. The third-order valence-electron chi connectivity index (χ3n) is 3.95. The molecule has 3 rings (SSSR count). The Morgan fingerprint density at radius 2 is 1.95 bits per heavy atom. The average Bonchev–Trinajstić information content (AvgIpc) is 3.09. The first-order valence-corrected chi connectivity index (χ1v) is 8.07. The van der Waals surface area contributed by atoms with Gasteiger partial charge in [0.15, 0.2) is 0 Å². The zero-order chi connectivity index (χ0) is 14.8. The van der Waals surface area contributed by atoms with Crippen LogP contribution in [-0.2, 0) is 6.54 Å². The van der Waals surface area contributed by atoms with Gasteiger partial charge in [-0.3, -0.25) is 0 Å². The monoisotopic (exact) mass is 302 g/mol. The number of thiazole rings is 1. The molecule has 4 nitrogen and oxygen atoms in total. The number of quaternary nitrogens is 1. The minimum atomic E-state index is -1.15. The fourth-order valence-electron chi connectivity index (χ4n) is 2.81. The second-order valence-electron chi connectivity index (χ2n) is 5.55. The second kappa shape index (κ2) is 5.95. The highest BCUT2D eigenvalue weighted by Crippen LogP contribution is 2.27. The van der Waals surface area contributed by atoms with Crippen LogP contribution in [0.5, 0.6) is 0 Å². The van der Waals surface area contributed by atoms with Gasteiger partial charge >= 0.3 is 0 Å². The maximum absolute atomic E-state index is 11.0. The van der Waals surface area contributed by atoms with Gasteiger partial charge in [0.25, 0.3) is 0 Å². The van der Waals surface area contributed by atoms with Gasteiger partial charge in [0.05, 0.1) is 29.6 Å². The number of aromatic carboxylic acids is 1. The molecule has 0 aliphatic carbocycles. The van der Waals surface area contributed by atoms with Crippen LogP contribution in [0.3, 0.4) is 0 Å². The molecule has 5 heteroatoms. The lowest BCUT2D eigenvalue weighted by Gasteiger charge is -2.11. The van der Waals surface area contributed by atoms with Gasteiger partial charge in [0, 0.05) is 24.0 Å². The van der Waals surface area contributed by atoms with E-state index in [0.717, 1.165) is 17.1 Å². The Balaban J connectivity index is 1.77. The Bertz CT molecular complexity index is 643. The number of rotatable bonds is 4. The summed E-state index contributed by atoms with van der Waals surface area (Å²) in [6.45, 7) is 5.31. The molecule has 1 saturated heterocycles. The quantitative estimate of drug-likeness (QED) is 0.903. The third-order valence-corrected chi connectivity index (χ3v) is 5.13. The Labute approximate surface area is 128 Å². The number of nitrogens with one attached hydrogen (secondary N) is 1. The van der Waals surface area contributed by atoms with Crippen LogP contribution in [-0.4, -0.2) is 24.0 Å². The summed E-state index contributed by atoms with van der Waals surface area (Å²) in [6, 6.07) is 8.30. The van der Waals surface area contributed by atoms with Crippen molar-refractivity contribution in [3.05, 3.63) is 40.4 Å². The van der Waals surface area contributed by atoms with Crippen LogP contribution in [0, 0.1) is 6.92 Å². The maximum Gasteiger partial charge on any atom is 0.124 e. The number of carboxylic acid groups (broad SMARTS) is 1. The summed E-state index contributed by atoms with van der Waals surface area (Å²) >= 11 is 1.18. The number of nitrogens with zero attached hydrogens (tertiary/aromatic N) is 1. The van der Waals surface area contributed by atoms with Gasteiger partial charge in [-0.2, -0.15) is 0 Å². The first-order valence-electron chi connectivity index (χ1n) is 7.25. The summed E-state index contributed by atoms with van der Waals surface area (Å²) < 4.78 is 0. The van der Waals surface area contributed by atoms with Crippen molar-refractivity contribution in [1.29, 1.82) is 0 Å². The highest BCUT2D eigenvalue weighted by Gasteiger charge is 2.15. The predicted octanol–water partition coefficient (Wildman–Crippen LogP) is 0.661. The molecule has 0 atom stereocenters. The average molecular weight is 302 g/mol. The number of benzene rings is 1. The van der Waals surface area contributed by atoms with E-state index < -0.39 is 5.97 Å². The van der Waals surface area contributed by atoms with E-state index in [1.807, 2.05) is 12.1 Å². The van der Waals surface area contributed by atoms with Crippen molar-refractivity contribution in [3.63, 3.8) is 0 Å². The van der Waals surface area contributed by atoms with E-state index >= 15 is 0 Å². The molecule has 2 aromatic rings. The largest absolute Gasteiger partial charge is 0.544 e. The number of carbonyl (C=O) groups excluding carboxylic acids is 1. The fourth-order valence-corrected chi connectivity index (χ4v) is 3.72. The smallest absolute Gasteiger partial charge is 0.124 e. The molecule has 0 radical (unpaired) electrons. The number of carboxylic acids is 1. The first kappa shape index (κ1) is 14.2. The number of aryl methyl sites for hydroxylation is 1. The molecule has 1 fully saturated rings. The van der Waals surface area contributed by atoms with Crippen molar-refractivity contribution in [2.24, 2.45) is 0 Å². The van der Waals surface area contributed by atoms with Crippen LogP contribution >= 0.6 is 11.3 Å². The van der Waals surface area contributed by atoms with Crippen molar-refractivity contribution < 1.29 is 14.8 Å². The van der Waals surface area contributed by atoms with Crippen molar-refractivity contribution >= 4 is 17.3 Å². The molecule has 110 valence electrons. The standard InChI is InChI=1S/C16H18N2O2S/c1-11-14(16(19)20)21-15(17-11)13-6-4-12(5-7-13)10-18-8-2-3-9-18/h4-7H,2-3,8-10H2,1H3,(H,19,20). The topological polar surface area (TPSA) is 57.5 Å². The van der Waals surface area contributed by atoms with E-state index in [9.17, 15) is 9.90 Å². The van der Waals surface area contributed by atoms with Gasteiger partial charge in [-0.25, -0.2) is 4.98 Å². The number of hydrogen-bond donors (Lipinski definition) is 1. The minimum absolute atomic E-state index is 0.218. The van der Waals surface area contributed by atoms with Crippen molar-refractivity contribution in [1.82, 2.24) is 4.98 Å². The SMILES string of the molecule is Cc1nc(-c2ccc(C[NH+]3CCCC3)cc2)sc1C(=O)[O-]. The van der Waals surface area contributed by atoms with E-state index in [1.165, 1.54) is 42.8 Å². The second-order valence-corrected chi connectivity index (χ2v) is 6.55. The van der Waals surface area contributed by atoms with Crippen LogP contribution < -0.4 is 10.0 Å². The zero-order valence-electron chi connectivity index (χ0n) is 12.0. The van der Waals surface area contributed by atoms with Crippen LogP contribution in [0.1, 0.15) is 33.8 Å². The van der Waals surface area contributed by atoms with E-state index in [-0.39, 0.29) is 4.88 Å². The van der Waals surface area contributed by atoms with Gasteiger partial charge in [0.1, 0.15) is 11.6 Å². The first-order chi connectivity index (χ1) is 10.1. The van der Waals surface area contributed by atoms with Crippen molar-refractivity contribution in [3.8, 4) is 10.6 Å². The number of aromatic nitrogens is 1. The summed E-state index contributed by atoms with van der Waals surface area (Å²) in [5.74, 6) is -1.15. The van der Waals surface area contributed by atoms with Gasteiger partial charge in [-0.05, 0) is 6.92 Å². The highest BCUT2D eigenvalue weighted by molar-refractivity contribution is 7.17. The summed E-state index contributed by atoms with van der Waals surface area (Å²) in [5.41, 5.74) is 2.82. The molecular formula is C16H18N2O2S. The van der Waals surface area contributed by atoms with E-state index in [2.05, 4.69) is 17.1 Å². The Hall–Kier alpha value is -1.72. The lowest BCUT2D eigenvalue weighted by atomic mass is 10.1. The minimum Gasteiger partial charge on any atom is -0.544 e. The molecule has 2 heterocycles. The molecule has 1 aliphatic rings. The molecule has 0 spiro atoms. The van der Waals surface area contributed by atoms with Crippen LogP contribution in [0.25, 0.3) is 10.6 Å². The normalized spacial score (nSPS) is 15.5. The molecular weight excluding hydrogens is 284 g/mol. The number of hydrogen-bond acceptors (Lipinski definition) is 4. The summed E-state index contributed by atoms with van der Waals surface area (Å²) in [7, 11) is 0. The molecule has 1 aliphatic heterocycles. The molecule has 0 unspecified atom stereocenters. The Kier molecular flexibility index (Phi) is 4.03. The highest BCUT2D eigenvalue weighted by atomic mass is 32.1. The van der Waals surface area contributed by atoms with E-state index in [0.29, 0.717) is 5.69 Å². The van der Waals surface area contributed by atoms with E-state index in [1.54, 1.807) is 11.8 Å². The van der Waals surface area contributed by atoms with Gasteiger partial charge in [-0.15, -0.1) is 11.3 Å². The summed E-state index contributed by atoms with van der Waals surface area (Å²) in [4.78, 5) is 17.2. The molecule has 0 saturated carbocycles. The Morgan fingerprint density at radius 3 is 2.52 bits per heavy atom. The van der Waals surface area contributed by atoms with Crippen LogP contribution in [0.2, 0.25) is 0 Å². The van der Waals surface area contributed by atoms with Crippen LogP contribution in [0.15, 0.2) is 24.3 Å². The Morgan fingerprint density at radius 1 is 1.29 bits per heavy atom. The molecule has 0 bridgehead atoms. The third kappa shape index (κ3) is 3.14. The summed E-state index contributed by atoms with van der Waals surface area (Å²) in [6.07, 6.45) is 2.66. The van der Waals surface area contributed by atoms with Crippen LogP contribution in [0.4, 0.5) is 0 Å². The lowest BCUT2D eigenvalue weighted by Crippen LogP contribution is -3.08. The van der Waals surface area contributed by atoms with E-state index in [4.69, 9.17) is 0 Å². The van der Waals surface area contributed by atoms with Crippen molar-refractivity contribution in [2.45, 2.75) is 26.3 Å². The lowest BCUT2D eigenvalue weighted by molar-refractivity contribution is -0.901. The fraction of sp³-hybridized carbons (Fsp3) is 0.375. The molecule has 1 N–H and O–H groups in total. The number of carbonyl (C=O) groups is 1. The van der Waals surface area contributed by atoms with Gasteiger partial charge in [-0.1, -0.05) is 24.3 Å². The molecule has 1 aromatic carbocycles. The molecule has 0 amide bonds. The maximum atomic E-state index is 11.0. The molecule has 1 aromatic heterocycles. The predicted molar refractivity (Wildman–Crippen MR) is 80.3 cm³/mol. The van der Waals surface area contributed by atoms with Gasteiger partial charge < -0.3 is 14.8 Å². The van der Waals surface area contributed by atoms with Crippen molar-refractivity contribution in [2.75, 3.05) is 13.1 Å². The van der Waals surface area contributed by atoms with Gasteiger partial charge in [0.2, 0.25) is 0 Å². The molecule has 21 heavy (non-hydrogen) atoms. The summed E-state index contributed by atoms with van der Waals surface area (Å²) in [5, 5.41) is 11.7. The number of likely N-dealkylation sites (tertiary alicyclic amines) is 1.